The minimum absolute atomic E-state index is 0.0403. The van der Waals surface area contributed by atoms with Crippen molar-refractivity contribution in [2.75, 3.05) is 4.81 Å². The van der Waals surface area contributed by atoms with E-state index in [4.69, 9.17) is 4.42 Å². The van der Waals surface area contributed by atoms with Crippen LogP contribution >= 0.6 is 11.3 Å². The maximum atomic E-state index is 6.70. The molecule has 0 unspecified atom stereocenters. The third kappa shape index (κ3) is 4.07. The molecule has 0 saturated heterocycles. The van der Waals surface area contributed by atoms with Crippen molar-refractivity contribution in [2.45, 2.75) is 45.4 Å². The monoisotopic (exact) mass is 786 g/mol. The first kappa shape index (κ1) is 33.3. The molecule has 3 aliphatic rings. The lowest BCUT2D eigenvalue weighted by Crippen LogP contribution is -2.60. The maximum Gasteiger partial charge on any atom is 0.333 e. The van der Waals surface area contributed by atoms with E-state index in [2.05, 4.69) is 190 Å². The maximum absolute atomic E-state index is 6.70. The number of benzene rings is 8. The molecule has 11 aromatic rings. The average Bonchev–Trinajstić information content (AvgIpc) is 3.97. The second-order valence-electron chi connectivity index (χ2n) is 18.9. The van der Waals surface area contributed by atoms with Crippen LogP contribution in [0.4, 0.5) is 11.4 Å². The Balaban J connectivity index is 1.16. The first-order valence-electron chi connectivity index (χ1n) is 21.2. The number of para-hydroxylation sites is 1. The van der Waals surface area contributed by atoms with Gasteiger partial charge < -0.3 is 13.8 Å². The highest BCUT2D eigenvalue weighted by molar-refractivity contribution is 7.25. The van der Waals surface area contributed by atoms with Crippen molar-refractivity contribution in [3.63, 3.8) is 0 Å². The van der Waals surface area contributed by atoms with Crippen LogP contribution in [0, 0.1) is 0 Å². The third-order valence-electron chi connectivity index (χ3n) is 14.3. The van der Waals surface area contributed by atoms with E-state index in [1.165, 1.54) is 109 Å². The van der Waals surface area contributed by atoms with Crippen molar-refractivity contribution < 1.29 is 4.42 Å². The Morgan fingerprint density at radius 3 is 2.18 bits per heavy atom. The molecule has 0 N–H and O–H groups in total. The predicted octanol–water partition coefficient (Wildman–Crippen LogP) is 13.9. The van der Waals surface area contributed by atoms with Gasteiger partial charge in [0.05, 0.1) is 11.0 Å². The third-order valence-corrected chi connectivity index (χ3v) is 15.5. The van der Waals surface area contributed by atoms with Crippen molar-refractivity contribution in [2.24, 2.45) is 0 Å². The SMILES string of the molecule is CC(C)(C)c1ccc(N2B3c4cc5c(cc4-n4c6cc7c(cc6c6ccc(c3c64)-c3cc4c(cc32)-c2ccccc2C4(C)C)sc2ccccc27)oc2ccccc25)cc1. The quantitative estimate of drug-likeness (QED) is 0.155. The van der Waals surface area contributed by atoms with Crippen LogP contribution in [-0.2, 0) is 10.8 Å². The minimum atomic E-state index is -0.123. The summed E-state index contributed by atoms with van der Waals surface area (Å²) in [5.74, 6) is 0. The van der Waals surface area contributed by atoms with Gasteiger partial charge in [-0.2, -0.15) is 0 Å². The van der Waals surface area contributed by atoms with Gasteiger partial charge in [-0.05, 0) is 98.3 Å². The number of rotatable bonds is 1. The summed E-state index contributed by atoms with van der Waals surface area (Å²) < 4.78 is 11.9. The first-order valence-corrected chi connectivity index (χ1v) is 22.0. The fraction of sp³-hybridized carbons (Fsp3) is 0.127. The molecule has 60 heavy (non-hydrogen) atoms. The lowest BCUT2D eigenvalue weighted by Gasteiger charge is -2.42. The van der Waals surface area contributed by atoms with Gasteiger partial charge in [0.1, 0.15) is 11.2 Å². The number of nitrogens with zero attached hydrogens (tertiary/aromatic N) is 2. The zero-order valence-corrected chi connectivity index (χ0v) is 35.0. The fourth-order valence-electron chi connectivity index (χ4n) is 11.4. The smallest absolute Gasteiger partial charge is 0.333 e. The highest BCUT2D eigenvalue weighted by Gasteiger charge is 2.46. The Kier molecular flexibility index (Phi) is 6.09. The number of thiophene rings is 1. The highest BCUT2D eigenvalue weighted by Crippen LogP contribution is 2.55. The van der Waals surface area contributed by atoms with Crippen LogP contribution in [0.5, 0.6) is 0 Å². The molecule has 0 bridgehead atoms. The van der Waals surface area contributed by atoms with Crippen molar-refractivity contribution >= 4 is 104 Å². The van der Waals surface area contributed by atoms with E-state index in [1.807, 2.05) is 11.3 Å². The van der Waals surface area contributed by atoms with E-state index >= 15 is 0 Å². The molecule has 284 valence electrons. The summed E-state index contributed by atoms with van der Waals surface area (Å²) in [7, 11) is 0. The second-order valence-corrected chi connectivity index (χ2v) is 20.0. The summed E-state index contributed by atoms with van der Waals surface area (Å²) >= 11 is 1.90. The molecule has 0 spiro atoms. The Labute approximate surface area is 352 Å². The van der Waals surface area contributed by atoms with Crippen LogP contribution in [0.15, 0.2) is 150 Å². The molecule has 0 amide bonds. The van der Waals surface area contributed by atoms with Crippen molar-refractivity contribution in [3.8, 4) is 27.9 Å². The van der Waals surface area contributed by atoms with Crippen molar-refractivity contribution in [1.29, 1.82) is 0 Å². The molecule has 14 rings (SSSR count). The normalized spacial score (nSPS) is 14.8. The summed E-state index contributed by atoms with van der Waals surface area (Å²) in [5.41, 5.74) is 20.0. The molecule has 0 radical (unpaired) electrons. The Morgan fingerprint density at radius 1 is 0.550 bits per heavy atom. The summed E-state index contributed by atoms with van der Waals surface area (Å²) in [6.07, 6.45) is 0. The summed E-state index contributed by atoms with van der Waals surface area (Å²) in [6, 6.07) is 55.5. The molecular weight excluding hydrogens is 747 g/mol. The topological polar surface area (TPSA) is 21.3 Å². The van der Waals surface area contributed by atoms with Crippen LogP contribution in [0.1, 0.15) is 51.3 Å². The van der Waals surface area contributed by atoms with E-state index in [0.29, 0.717) is 0 Å². The molecule has 8 aromatic carbocycles. The number of furan rings is 1. The molecule has 0 atom stereocenters. The first-order chi connectivity index (χ1) is 29.1. The zero-order chi connectivity index (χ0) is 40.0. The molecule has 0 saturated carbocycles. The summed E-state index contributed by atoms with van der Waals surface area (Å²) in [4.78, 5) is 2.68. The Hall–Kier alpha value is -6.56. The lowest BCUT2D eigenvalue weighted by atomic mass is 9.44. The molecular formula is C55H39BN2OS. The van der Waals surface area contributed by atoms with Crippen molar-refractivity contribution in [3.05, 3.63) is 162 Å². The molecule has 5 heterocycles. The number of anilines is 2. The van der Waals surface area contributed by atoms with Gasteiger partial charge in [0, 0.05) is 75.8 Å². The van der Waals surface area contributed by atoms with Gasteiger partial charge >= 0.3 is 6.85 Å². The van der Waals surface area contributed by atoms with E-state index in [9.17, 15) is 0 Å². The Bertz CT molecular complexity index is 3740. The zero-order valence-electron chi connectivity index (χ0n) is 34.1. The number of hydrogen-bond acceptors (Lipinski definition) is 3. The van der Waals surface area contributed by atoms with Gasteiger partial charge in [-0.1, -0.05) is 126 Å². The number of hydrogen-bond donors (Lipinski definition) is 0. The molecule has 0 fully saturated rings. The van der Waals surface area contributed by atoms with Gasteiger partial charge in [0.15, 0.2) is 0 Å². The molecule has 3 aromatic heterocycles. The highest BCUT2D eigenvalue weighted by atomic mass is 32.1. The predicted molar refractivity (Wildman–Crippen MR) is 256 cm³/mol. The van der Waals surface area contributed by atoms with Crippen LogP contribution in [-0.4, -0.2) is 11.4 Å². The van der Waals surface area contributed by atoms with Crippen molar-refractivity contribution in [1.82, 2.24) is 4.57 Å². The van der Waals surface area contributed by atoms with Gasteiger partial charge in [-0.15, -0.1) is 11.3 Å². The fourth-order valence-corrected chi connectivity index (χ4v) is 12.6. The molecule has 2 aliphatic heterocycles. The van der Waals surface area contributed by atoms with Crippen LogP contribution in [0.3, 0.4) is 0 Å². The van der Waals surface area contributed by atoms with Crippen LogP contribution in [0.25, 0.3) is 91.9 Å². The van der Waals surface area contributed by atoms with E-state index in [-0.39, 0.29) is 17.7 Å². The van der Waals surface area contributed by atoms with Crippen LogP contribution in [0.2, 0.25) is 0 Å². The lowest BCUT2D eigenvalue weighted by molar-refractivity contribution is 0.590. The van der Waals surface area contributed by atoms with E-state index in [1.54, 1.807) is 0 Å². The van der Waals surface area contributed by atoms with Crippen LogP contribution < -0.4 is 15.7 Å². The summed E-state index contributed by atoms with van der Waals surface area (Å²) in [6.45, 7) is 11.6. The second kappa shape index (κ2) is 11.0. The average molecular weight is 787 g/mol. The van der Waals surface area contributed by atoms with E-state index < -0.39 is 0 Å². The van der Waals surface area contributed by atoms with Gasteiger partial charge in [-0.3, -0.25) is 0 Å². The minimum Gasteiger partial charge on any atom is -0.456 e. The number of aromatic nitrogens is 1. The molecule has 3 nitrogen and oxygen atoms in total. The largest absolute Gasteiger partial charge is 0.456 e. The summed E-state index contributed by atoms with van der Waals surface area (Å²) in [5, 5.41) is 7.52. The van der Waals surface area contributed by atoms with Gasteiger partial charge in [0.2, 0.25) is 0 Å². The molecule has 1 aliphatic carbocycles. The number of fused-ring (bicyclic) bond motifs is 17. The standard InChI is InChI=1S/C55H39BN2OS/c1-54(2,3)30-18-20-31(21-19-30)58-46-26-37-32-12-6-9-15-42(32)55(4,5)43(37)24-38(46)35-22-23-36-39-28-51-41(34-14-8-11-17-50(34)60-51)27-45(39)57-47-29-49-40(33-13-7-10-16-48(33)59-49)25-44(47)56(58)52(35)53(36)57/h6-29H,1-5H3. The molecule has 5 heteroatoms. The Morgan fingerprint density at radius 2 is 1.33 bits per heavy atom. The van der Waals surface area contributed by atoms with E-state index in [0.717, 1.165) is 21.9 Å². The van der Waals surface area contributed by atoms with Gasteiger partial charge in [0.25, 0.3) is 0 Å². The van der Waals surface area contributed by atoms with Gasteiger partial charge in [-0.25, -0.2) is 0 Å².